The third-order valence-corrected chi connectivity index (χ3v) is 4.06. The van der Waals surface area contributed by atoms with Gasteiger partial charge in [-0.05, 0) is 30.4 Å². The van der Waals surface area contributed by atoms with Gasteiger partial charge in [-0.1, -0.05) is 32.0 Å². The molecule has 2 amide bonds. The lowest BCUT2D eigenvalue weighted by atomic mass is 10.0. The Labute approximate surface area is 120 Å². The molecule has 20 heavy (non-hydrogen) atoms. The molecule has 1 fully saturated rings. The van der Waals surface area contributed by atoms with Crippen molar-refractivity contribution in [1.29, 1.82) is 0 Å². The number of aliphatic hydroxyl groups is 1. The molecular formula is C16H24N2O2. The highest BCUT2D eigenvalue weighted by molar-refractivity contribution is 5.91. The Morgan fingerprint density at radius 1 is 1.35 bits per heavy atom. The van der Waals surface area contributed by atoms with Crippen molar-refractivity contribution in [2.75, 3.05) is 25.0 Å². The van der Waals surface area contributed by atoms with E-state index in [2.05, 4.69) is 31.3 Å². The van der Waals surface area contributed by atoms with Gasteiger partial charge in [0.2, 0.25) is 0 Å². The van der Waals surface area contributed by atoms with Crippen LogP contribution in [0.3, 0.4) is 0 Å². The first-order valence-corrected chi connectivity index (χ1v) is 7.47. The van der Waals surface area contributed by atoms with E-state index in [1.807, 2.05) is 6.07 Å². The van der Waals surface area contributed by atoms with Crippen LogP contribution < -0.4 is 5.32 Å². The fourth-order valence-electron chi connectivity index (χ4n) is 2.76. The van der Waals surface area contributed by atoms with Crippen molar-refractivity contribution in [2.45, 2.75) is 33.1 Å². The Bertz CT molecular complexity index is 451. The number of hydrogen-bond acceptors (Lipinski definition) is 2. The smallest absolute Gasteiger partial charge is 0.321 e. The Kier molecular flexibility index (Phi) is 5.01. The summed E-state index contributed by atoms with van der Waals surface area (Å²) >= 11 is 0. The van der Waals surface area contributed by atoms with Gasteiger partial charge < -0.3 is 15.3 Å². The van der Waals surface area contributed by atoms with Crippen molar-refractivity contribution >= 4 is 11.7 Å². The number of urea groups is 1. The second kappa shape index (κ2) is 6.75. The second-order valence-corrected chi connectivity index (χ2v) is 5.37. The number of carbonyl (C=O) groups is 1. The first kappa shape index (κ1) is 14.9. The topological polar surface area (TPSA) is 52.6 Å². The number of nitrogens with one attached hydrogen (secondary N) is 1. The highest BCUT2D eigenvalue weighted by Crippen LogP contribution is 2.24. The van der Waals surface area contributed by atoms with Gasteiger partial charge in [0.05, 0.1) is 0 Å². The maximum atomic E-state index is 12.3. The SMILES string of the molecule is CCc1cccc(CC)c1NC(=O)N1CCC(CO)C1. The summed E-state index contributed by atoms with van der Waals surface area (Å²) in [6.45, 7) is 5.74. The summed E-state index contributed by atoms with van der Waals surface area (Å²) in [5.74, 6) is 0.229. The number of para-hydroxylation sites is 1. The van der Waals surface area contributed by atoms with Gasteiger partial charge in [0.15, 0.2) is 0 Å². The van der Waals surface area contributed by atoms with Crippen LogP contribution in [0.15, 0.2) is 18.2 Å². The van der Waals surface area contributed by atoms with Crippen molar-refractivity contribution in [3.63, 3.8) is 0 Å². The molecule has 1 aliphatic heterocycles. The van der Waals surface area contributed by atoms with Gasteiger partial charge in [-0.25, -0.2) is 4.79 Å². The number of benzene rings is 1. The van der Waals surface area contributed by atoms with Crippen LogP contribution in [-0.4, -0.2) is 35.7 Å². The zero-order chi connectivity index (χ0) is 14.5. The van der Waals surface area contributed by atoms with Crippen LogP contribution in [0, 0.1) is 5.92 Å². The van der Waals surface area contributed by atoms with Gasteiger partial charge in [-0.2, -0.15) is 0 Å². The minimum atomic E-state index is -0.0449. The molecule has 1 aromatic carbocycles. The Balaban J connectivity index is 2.11. The summed E-state index contributed by atoms with van der Waals surface area (Å²) in [6, 6.07) is 6.13. The molecule has 0 spiro atoms. The number of likely N-dealkylation sites (tertiary alicyclic amines) is 1. The van der Waals surface area contributed by atoms with Gasteiger partial charge in [0.1, 0.15) is 0 Å². The van der Waals surface area contributed by atoms with Gasteiger partial charge in [0.25, 0.3) is 0 Å². The number of rotatable bonds is 4. The third-order valence-electron chi connectivity index (χ3n) is 4.06. The summed E-state index contributed by atoms with van der Waals surface area (Å²) in [6.07, 6.45) is 2.70. The fourth-order valence-corrected chi connectivity index (χ4v) is 2.76. The second-order valence-electron chi connectivity index (χ2n) is 5.37. The normalized spacial score (nSPS) is 18.4. The number of carbonyl (C=O) groups excluding carboxylic acids is 1. The highest BCUT2D eigenvalue weighted by atomic mass is 16.3. The van der Waals surface area contributed by atoms with Gasteiger partial charge >= 0.3 is 6.03 Å². The first-order valence-electron chi connectivity index (χ1n) is 7.47. The lowest BCUT2D eigenvalue weighted by Gasteiger charge is -2.20. The highest BCUT2D eigenvalue weighted by Gasteiger charge is 2.26. The molecule has 1 aromatic rings. The molecule has 0 radical (unpaired) electrons. The lowest BCUT2D eigenvalue weighted by molar-refractivity contribution is 0.208. The molecule has 110 valence electrons. The Morgan fingerprint density at radius 3 is 2.50 bits per heavy atom. The molecule has 0 aliphatic carbocycles. The summed E-state index contributed by atoms with van der Waals surface area (Å²) in [5.41, 5.74) is 3.32. The summed E-state index contributed by atoms with van der Waals surface area (Å²) < 4.78 is 0. The molecule has 4 nitrogen and oxygen atoms in total. The molecule has 1 aliphatic rings. The standard InChI is InChI=1S/C16H24N2O2/c1-3-13-6-5-7-14(4-2)15(13)17-16(20)18-9-8-12(10-18)11-19/h5-7,12,19H,3-4,8-11H2,1-2H3,(H,17,20). The van der Waals surface area contributed by atoms with E-state index in [4.69, 9.17) is 5.11 Å². The number of aryl methyl sites for hydroxylation is 2. The Hall–Kier alpha value is -1.55. The summed E-state index contributed by atoms with van der Waals surface area (Å²) in [5, 5.41) is 12.2. The van der Waals surface area contributed by atoms with Crippen LogP contribution in [0.2, 0.25) is 0 Å². The van der Waals surface area contributed by atoms with Crippen LogP contribution in [0.1, 0.15) is 31.4 Å². The average Bonchev–Trinajstić information content (AvgIpc) is 2.96. The lowest BCUT2D eigenvalue weighted by Crippen LogP contribution is -2.33. The molecule has 1 heterocycles. The van der Waals surface area contributed by atoms with Gasteiger partial charge in [-0.3, -0.25) is 0 Å². The molecule has 0 bridgehead atoms. The number of hydrogen-bond donors (Lipinski definition) is 2. The molecule has 2 N–H and O–H groups in total. The number of anilines is 1. The number of aliphatic hydroxyl groups excluding tert-OH is 1. The molecule has 1 atom stereocenters. The van der Waals surface area contributed by atoms with E-state index in [0.29, 0.717) is 6.54 Å². The molecule has 2 rings (SSSR count). The van der Waals surface area contributed by atoms with Gasteiger partial charge in [-0.15, -0.1) is 0 Å². The van der Waals surface area contributed by atoms with E-state index in [1.165, 1.54) is 11.1 Å². The van der Waals surface area contributed by atoms with Crippen molar-refractivity contribution < 1.29 is 9.90 Å². The maximum Gasteiger partial charge on any atom is 0.321 e. The van der Waals surface area contributed by atoms with Crippen LogP contribution >= 0.6 is 0 Å². The largest absolute Gasteiger partial charge is 0.396 e. The monoisotopic (exact) mass is 276 g/mol. The van der Waals surface area contributed by atoms with E-state index in [0.717, 1.165) is 31.5 Å². The molecule has 1 saturated heterocycles. The zero-order valence-electron chi connectivity index (χ0n) is 12.4. The number of amides is 2. The summed E-state index contributed by atoms with van der Waals surface area (Å²) in [4.78, 5) is 14.1. The van der Waals surface area contributed by atoms with Crippen LogP contribution in [0.5, 0.6) is 0 Å². The van der Waals surface area contributed by atoms with E-state index in [1.54, 1.807) is 4.90 Å². The molecule has 4 heteroatoms. The average molecular weight is 276 g/mol. The van der Waals surface area contributed by atoms with Gasteiger partial charge in [0, 0.05) is 31.3 Å². The van der Waals surface area contributed by atoms with E-state index in [-0.39, 0.29) is 18.6 Å². The van der Waals surface area contributed by atoms with Crippen molar-refractivity contribution in [2.24, 2.45) is 5.92 Å². The zero-order valence-corrected chi connectivity index (χ0v) is 12.4. The predicted molar refractivity (Wildman–Crippen MR) is 81.0 cm³/mol. The minimum absolute atomic E-state index is 0.0449. The van der Waals surface area contributed by atoms with E-state index in [9.17, 15) is 4.79 Å². The van der Waals surface area contributed by atoms with Crippen LogP contribution in [0.4, 0.5) is 10.5 Å². The minimum Gasteiger partial charge on any atom is -0.396 e. The molecule has 0 saturated carbocycles. The van der Waals surface area contributed by atoms with Crippen LogP contribution in [0.25, 0.3) is 0 Å². The quantitative estimate of drug-likeness (QED) is 0.888. The number of nitrogens with zero attached hydrogens (tertiary/aromatic N) is 1. The molecule has 0 aromatic heterocycles. The fraction of sp³-hybridized carbons (Fsp3) is 0.562. The van der Waals surface area contributed by atoms with Crippen molar-refractivity contribution in [3.05, 3.63) is 29.3 Å². The van der Waals surface area contributed by atoms with Crippen LogP contribution in [-0.2, 0) is 12.8 Å². The van der Waals surface area contributed by atoms with Crippen molar-refractivity contribution in [1.82, 2.24) is 4.90 Å². The summed E-state index contributed by atoms with van der Waals surface area (Å²) in [7, 11) is 0. The third kappa shape index (κ3) is 3.12. The van der Waals surface area contributed by atoms with E-state index < -0.39 is 0 Å². The predicted octanol–water partition coefficient (Wildman–Crippen LogP) is 2.66. The maximum absolute atomic E-state index is 12.3. The van der Waals surface area contributed by atoms with Crippen molar-refractivity contribution in [3.8, 4) is 0 Å². The first-order chi connectivity index (χ1) is 9.69. The molecule has 1 unspecified atom stereocenters. The molecular weight excluding hydrogens is 252 g/mol. The van der Waals surface area contributed by atoms with E-state index >= 15 is 0 Å². The Morgan fingerprint density at radius 2 is 2.00 bits per heavy atom.